The van der Waals surface area contributed by atoms with Gasteiger partial charge in [-0.3, -0.25) is 9.69 Å². The summed E-state index contributed by atoms with van der Waals surface area (Å²) in [5.41, 5.74) is 0. The molecule has 21 heavy (non-hydrogen) atoms. The van der Waals surface area contributed by atoms with Gasteiger partial charge in [0, 0.05) is 18.6 Å². The van der Waals surface area contributed by atoms with Crippen LogP contribution in [0.3, 0.4) is 0 Å². The van der Waals surface area contributed by atoms with Crippen LogP contribution >= 0.6 is 0 Å². The molecule has 1 N–H and O–H groups in total. The molecule has 120 valence electrons. The maximum atomic E-state index is 11.6. The quantitative estimate of drug-likeness (QED) is 0.848. The number of aliphatic carboxylic acids is 1. The number of nitrogens with zero attached hydrogens (tertiary/aromatic N) is 2. The molecule has 4 nitrogen and oxygen atoms in total. The van der Waals surface area contributed by atoms with Crippen LogP contribution < -0.4 is 0 Å². The fourth-order valence-corrected chi connectivity index (χ4v) is 5.02. The Kier molecular flexibility index (Phi) is 4.55. The number of carboxylic acid groups (broad SMARTS) is 1. The van der Waals surface area contributed by atoms with Crippen LogP contribution in [0.2, 0.25) is 0 Å². The Hall–Kier alpha value is -0.610. The maximum Gasteiger partial charge on any atom is 0.308 e. The van der Waals surface area contributed by atoms with Crippen molar-refractivity contribution in [3.05, 3.63) is 0 Å². The zero-order valence-corrected chi connectivity index (χ0v) is 13.5. The largest absolute Gasteiger partial charge is 0.481 e. The normalized spacial score (nSPS) is 42.5. The summed E-state index contributed by atoms with van der Waals surface area (Å²) in [5.74, 6) is 0.718. The van der Waals surface area contributed by atoms with Crippen molar-refractivity contribution < 1.29 is 9.90 Å². The molecule has 3 rings (SSSR count). The van der Waals surface area contributed by atoms with E-state index in [2.05, 4.69) is 23.8 Å². The summed E-state index contributed by atoms with van der Waals surface area (Å²) in [5, 5.41) is 9.57. The van der Waals surface area contributed by atoms with Crippen LogP contribution in [0.1, 0.15) is 45.4 Å². The monoisotopic (exact) mass is 294 g/mol. The Labute approximate surface area is 128 Å². The highest BCUT2D eigenvalue weighted by Gasteiger charge is 2.42. The van der Waals surface area contributed by atoms with Crippen molar-refractivity contribution in [2.45, 2.75) is 57.5 Å². The highest BCUT2D eigenvalue weighted by atomic mass is 16.4. The van der Waals surface area contributed by atoms with Crippen LogP contribution in [-0.2, 0) is 4.79 Å². The number of carboxylic acids is 1. The number of likely N-dealkylation sites (tertiary alicyclic amines) is 2. The van der Waals surface area contributed by atoms with E-state index in [0.29, 0.717) is 5.92 Å². The number of hydrogen-bond donors (Lipinski definition) is 1. The summed E-state index contributed by atoms with van der Waals surface area (Å²) in [6, 6.07) is 1.01. The summed E-state index contributed by atoms with van der Waals surface area (Å²) < 4.78 is 0. The number of carbonyl (C=O) groups is 1. The van der Waals surface area contributed by atoms with Crippen molar-refractivity contribution in [1.82, 2.24) is 9.80 Å². The summed E-state index contributed by atoms with van der Waals surface area (Å²) in [7, 11) is 2.26. The van der Waals surface area contributed by atoms with Crippen molar-refractivity contribution in [2.24, 2.45) is 17.8 Å². The second-order valence-electron chi connectivity index (χ2n) is 7.66. The van der Waals surface area contributed by atoms with Gasteiger partial charge in [0.05, 0.1) is 5.92 Å². The van der Waals surface area contributed by atoms with Crippen LogP contribution in [0, 0.1) is 17.8 Å². The highest BCUT2D eigenvalue weighted by molar-refractivity contribution is 5.71. The van der Waals surface area contributed by atoms with Gasteiger partial charge in [-0.25, -0.2) is 0 Å². The minimum Gasteiger partial charge on any atom is -0.481 e. The lowest BCUT2D eigenvalue weighted by Gasteiger charge is -2.50. The molecule has 0 aromatic carbocycles. The van der Waals surface area contributed by atoms with Crippen LogP contribution in [0.5, 0.6) is 0 Å². The molecule has 2 aliphatic heterocycles. The molecule has 2 saturated heterocycles. The molecule has 0 aromatic rings. The summed E-state index contributed by atoms with van der Waals surface area (Å²) in [6.07, 6.45) is 6.87. The molecule has 0 spiro atoms. The van der Waals surface area contributed by atoms with E-state index >= 15 is 0 Å². The van der Waals surface area contributed by atoms with Gasteiger partial charge in [-0.05, 0) is 70.5 Å². The third-order valence-electron chi connectivity index (χ3n) is 6.24. The molecule has 0 radical (unpaired) electrons. The van der Waals surface area contributed by atoms with Crippen LogP contribution in [0.15, 0.2) is 0 Å². The summed E-state index contributed by atoms with van der Waals surface area (Å²) in [4.78, 5) is 16.7. The Morgan fingerprint density at radius 3 is 2.67 bits per heavy atom. The van der Waals surface area contributed by atoms with E-state index in [4.69, 9.17) is 0 Å². The van der Waals surface area contributed by atoms with Crippen molar-refractivity contribution >= 4 is 5.97 Å². The number of piperidine rings is 2. The predicted molar refractivity (Wildman–Crippen MR) is 83.3 cm³/mol. The van der Waals surface area contributed by atoms with E-state index < -0.39 is 5.97 Å². The van der Waals surface area contributed by atoms with Crippen molar-refractivity contribution in [3.8, 4) is 0 Å². The average Bonchev–Trinajstić information content (AvgIpc) is 2.46. The molecular formula is C17H30N2O2. The van der Waals surface area contributed by atoms with Gasteiger partial charge in [-0.15, -0.1) is 0 Å². The van der Waals surface area contributed by atoms with E-state index in [1.807, 2.05) is 0 Å². The summed E-state index contributed by atoms with van der Waals surface area (Å²) in [6.45, 7) is 5.73. The summed E-state index contributed by atoms with van der Waals surface area (Å²) >= 11 is 0. The number of hydrogen-bond acceptors (Lipinski definition) is 3. The molecule has 5 atom stereocenters. The minimum atomic E-state index is -0.574. The fraction of sp³-hybridized carbons (Fsp3) is 0.941. The van der Waals surface area contributed by atoms with Crippen LogP contribution in [0.25, 0.3) is 0 Å². The molecule has 3 aliphatic rings. The SMILES string of the molecule is CC1CCC(C(=O)O)C(N2CCC3C(CCCN3C)C2)C1. The average molecular weight is 294 g/mol. The first kappa shape index (κ1) is 15.3. The van der Waals surface area contributed by atoms with Gasteiger partial charge in [0.1, 0.15) is 0 Å². The van der Waals surface area contributed by atoms with E-state index in [1.54, 1.807) is 0 Å². The predicted octanol–water partition coefficient (Wildman–Crippen LogP) is 2.29. The lowest BCUT2D eigenvalue weighted by molar-refractivity contribution is -0.147. The Bertz CT molecular complexity index is 387. The van der Waals surface area contributed by atoms with E-state index in [-0.39, 0.29) is 12.0 Å². The Balaban J connectivity index is 1.69. The topological polar surface area (TPSA) is 43.8 Å². The first-order chi connectivity index (χ1) is 10.1. The Morgan fingerprint density at radius 2 is 1.90 bits per heavy atom. The lowest BCUT2D eigenvalue weighted by Crippen LogP contribution is -2.57. The third-order valence-corrected chi connectivity index (χ3v) is 6.24. The Morgan fingerprint density at radius 1 is 1.10 bits per heavy atom. The third kappa shape index (κ3) is 3.11. The molecule has 1 saturated carbocycles. The van der Waals surface area contributed by atoms with Gasteiger partial charge >= 0.3 is 5.97 Å². The number of fused-ring (bicyclic) bond motifs is 1. The number of rotatable bonds is 2. The first-order valence-corrected chi connectivity index (χ1v) is 8.73. The smallest absolute Gasteiger partial charge is 0.308 e. The molecule has 0 amide bonds. The van der Waals surface area contributed by atoms with Crippen molar-refractivity contribution in [2.75, 3.05) is 26.7 Å². The zero-order valence-electron chi connectivity index (χ0n) is 13.5. The first-order valence-electron chi connectivity index (χ1n) is 8.73. The van der Waals surface area contributed by atoms with E-state index in [9.17, 15) is 9.90 Å². The molecule has 5 unspecified atom stereocenters. The van der Waals surface area contributed by atoms with Crippen molar-refractivity contribution in [3.63, 3.8) is 0 Å². The standard InChI is InChI=1S/C17H30N2O2/c1-12-5-6-14(17(20)21)16(10-12)19-9-7-15-13(11-19)4-3-8-18(15)2/h12-16H,3-11H2,1-2H3,(H,20,21). The second-order valence-corrected chi connectivity index (χ2v) is 7.66. The highest BCUT2D eigenvalue weighted by Crippen LogP contribution is 2.37. The van der Waals surface area contributed by atoms with Crippen molar-refractivity contribution in [1.29, 1.82) is 0 Å². The maximum absolute atomic E-state index is 11.6. The fourth-order valence-electron chi connectivity index (χ4n) is 5.02. The van der Waals surface area contributed by atoms with Gasteiger partial charge in [-0.1, -0.05) is 6.92 Å². The van der Waals surface area contributed by atoms with E-state index in [1.165, 1.54) is 25.8 Å². The molecule has 2 heterocycles. The van der Waals surface area contributed by atoms with Gasteiger partial charge in [0.25, 0.3) is 0 Å². The molecular weight excluding hydrogens is 264 g/mol. The zero-order chi connectivity index (χ0) is 15.0. The lowest BCUT2D eigenvalue weighted by atomic mass is 9.76. The molecule has 0 bridgehead atoms. The van der Waals surface area contributed by atoms with E-state index in [0.717, 1.165) is 44.3 Å². The van der Waals surface area contributed by atoms with Gasteiger partial charge < -0.3 is 10.0 Å². The molecule has 0 aromatic heterocycles. The van der Waals surface area contributed by atoms with Gasteiger partial charge in [0.15, 0.2) is 0 Å². The molecule has 3 fully saturated rings. The van der Waals surface area contributed by atoms with Crippen LogP contribution in [-0.4, -0.2) is 59.6 Å². The van der Waals surface area contributed by atoms with Gasteiger partial charge in [-0.2, -0.15) is 0 Å². The molecule has 4 heteroatoms. The molecule has 1 aliphatic carbocycles. The minimum absolute atomic E-state index is 0.140. The van der Waals surface area contributed by atoms with Crippen LogP contribution in [0.4, 0.5) is 0 Å². The van der Waals surface area contributed by atoms with Gasteiger partial charge in [0.2, 0.25) is 0 Å². The second kappa shape index (κ2) is 6.25.